The van der Waals surface area contributed by atoms with Gasteiger partial charge < -0.3 is 15.1 Å². The lowest BCUT2D eigenvalue weighted by Gasteiger charge is -2.38. The number of nitrogens with zero attached hydrogens (tertiary/aromatic N) is 3. The quantitative estimate of drug-likeness (QED) is 0.658. The second-order valence-corrected chi connectivity index (χ2v) is 9.86. The molecule has 2 aliphatic rings. The number of hydrogen-bond donors (Lipinski definition) is 1. The topological polar surface area (TPSA) is 55.9 Å². The first-order valence-corrected chi connectivity index (χ1v) is 12.8. The SMILES string of the molecule is CC(C)N1CCN(c2ccc(C(=O)N3CCC(C(=O)NCCc4ccccc4F)CC3)cc2)CC1. The number of amides is 2. The van der Waals surface area contributed by atoms with Crippen LogP contribution in [0, 0.1) is 11.7 Å². The van der Waals surface area contributed by atoms with Gasteiger partial charge in [0.15, 0.2) is 0 Å². The van der Waals surface area contributed by atoms with E-state index in [4.69, 9.17) is 0 Å². The molecular weight excluding hydrogens is 443 g/mol. The monoisotopic (exact) mass is 480 g/mol. The van der Waals surface area contributed by atoms with Gasteiger partial charge in [0, 0.05) is 69.0 Å². The van der Waals surface area contributed by atoms with Crippen molar-refractivity contribution in [2.75, 3.05) is 50.7 Å². The lowest BCUT2D eigenvalue weighted by molar-refractivity contribution is -0.126. The molecule has 2 saturated heterocycles. The standard InChI is InChI=1S/C28H37FN4O2/c1-21(2)31-17-19-32(20-18-31)25-9-7-24(8-10-25)28(35)33-15-12-23(13-16-33)27(34)30-14-11-22-5-3-4-6-26(22)29/h3-10,21,23H,11-20H2,1-2H3,(H,30,34). The first kappa shape index (κ1) is 25.2. The summed E-state index contributed by atoms with van der Waals surface area (Å²) >= 11 is 0. The minimum Gasteiger partial charge on any atom is -0.369 e. The van der Waals surface area contributed by atoms with Crippen LogP contribution in [-0.4, -0.2) is 73.5 Å². The lowest BCUT2D eigenvalue weighted by atomic mass is 9.95. The zero-order chi connectivity index (χ0) is 24.8. The summed E-state index contributed by atoms with van der Waals surface area (Å²) in [6.45, 7) is 10.2. The molecule has 1 N–H and O–H groups in total. The maximum atomic E-state index is 13.7. The van der Waals surface area contributed by atoms with Gasteiger partial charge in [-0.15, -0.1) is 0 Å². The van der Waals surface area contributed by atoms with Crippen molar-refractivity contribution in [3.8, 4) is 0 Å². The van der Waals surface area contributed by atoms with Gasteiger partial charge >= 0.3 is 0 Å². The van der Waals surface area contributed by atoms with Crippen LogP contribution in [0.3, 0.4) is 0 Å². The van der Waals surface area contributed by atoms with Crippen LogP contribution < -0.4 is 10.2 Å². The van der Waals surface area contributed by atoms with Gasteiger partial charge in [0.25, 0.3) is 5.91 Å². The van der Waals surface area contributed by atoms with Gasteiger partial charge in [0.2, 0.25) is 5.91 Å². The van der Waals surface area contributed by atoms with Crippen molar-refractivity contribution in [1.82, 2.24) is 15.1 Å². The molecule has 35 heavy (non-hydrogen) atoms. The first-order valence-electron chi connectivity index (χ1n) is 12.8. The Bertz CT molecular complexity index is 994. The molecule has 0 saturated carbocycles. The third kappa shape index (κ3) is 6.40. The van der Waals surface area contributed by atoms with Crippen molar-refractivity contribution >= 4 is 17.5 Å². The average molecular weight is 481 g/mol. The lowest BCUT2D eigenvalue weighted by Crippen LogP contribution is -2.48. The van der Waals surface area contributed by atoms with Crippen LogP contribution in [-0.2, 0) is 11.2 Å². The molecule has 0 radical (unpaired) electrons. The molecule has 6 nitrogen and oxygen atoms in total. The molecule has 0 aromatic heterocycles. The van der Waals surface area contributed by atoms with Crippen LogP contribution in [0.4, 0.5) is 10.1 Å². The zero-order valence-corrected chi connectivity index (χ0v) is 20.9. The van der Waals surface area contributed by atoms with Crippen LogP contribution in [0.2, 0.25) is 0 Å². The predicted octanol–water partition coefficient (Wildman–Crippen LogP) is 3.57. The van der Waals surface area contributed by atoms with Crippen molar-refractivity contribution in [3.05, 3.63) is 65.5 Å². The number of rotatable bonds is 7. The maximum Gasteiger partial charge on any atom is 0.253 e. The Morgan fingerprint density at radius 2 is 1.60 bits per heavy atom. The van der Waals surface area contributed by atoms with E-state index < -0.39 is 0 Å². The summed E-state index contributed by atoms with van der Waals surface area (Å²) in [5.41, 5.74) is 2.47. The smallest absolute Gasteiger partial charge is 0.253 e. The minimum absolute atomic E-state index is 0.00430. The van der Waals surface area contributed by atoms with Crippen molar-refractivity contribution in [3.63, 3.8) is 0 Å². The Morgan fingerprint density at radius 1 is 0.943 bits per heavy atom. The van der Waals surface area contributed by atoms with E-state index in [1.807, 2.05) is 29.2 Å². The van der Waals surface area contributed by atoms with E-state index in [-0.39, 0.29) is 23.5 Å². The van der Waals surface area contributed by atoms with Gasteiger partial charge in [-0.1, -0.05) is 18.2 Å². The van der Waals surface area contributed by atoms with Crippen LogP contribution in [0.5, 0.6) is 0 Å². The second kappa shape index (κ2) is 11.7. The molecule has 4 rings (SSSR count). The molecule has 0 aliphatic carbocycles. The maximum absolute atomic E-state index is 13.7. The molecular formula is C28H37FN4O2. The summed E-state index contributed by atoms with van der Waals surface area (Å²) in [6, 6.07) is 15.2. The van der Waals surface area contributed by atoms with E-state index >= 15 is 0 Å². The number of carbonyl (C=O) groups is 2. The van der Waals surface area contributed by atoms with Gasteiger partial charge in [0.1, 0.15) is 5.82 Å². The van der Waals surface area contributed by atoms with E-state index in [9.17, 15) is 14.0 Å². The van der Waals surface area contributed by atoms with E-state index in [2.05, 4.69) is 29.0 Å². The normalized spacial score (nSPS) is 17.6. The largest absolute Gasteiger partial charge is 0.369 e. The second-order valence-electron chi connectivity index (χ2n) is 9.86. The number of piperidine rings is 1. The predicted molar refractivity (Wildman–Crippen MR) is 137 cm³/mol. The Balaban J connectivity index is 1.21. The fraction of sp³-hybridized carbons (Fsp3) is 0.500. The van der Waals surface area contributed by atoms with E-state index in [0.29, 0.717) is 56.1 Å². The highest BCUT2D eigenvalue weighted by Gasteiger charge is 2.28. The fourth-order valence-electron chi connectivity index (χ4n) is 5.00. The van der Waals surface area contributed by atoms with Crippen molar-refractivity contribution in [2.45, 2.75) is 39.2 Å². The molecule has 2 aromatic rings. The van der Waals surface area contributed by atoms with Gasteiger partial charge in [-0.25, -0.2) is 4.39 Å². The van der Waals surface area contributed by atoms with Crippen LogP contribution >= 0.6 is 0 Å². The van der Waals surface area contributed by atoms with E-state index in [1.165, 1.54) is 6.07 Å². The van der Waals surface area contributed by atoms with Gasteiger partial charge in [-0.3, -0.25) is 14.5 Å². The van der Waals surface area contributed by atoms with Crippen molar-refractivity contribution in [2.24, 2.45) is 5.92 Å². The molecule has 2 amide bonds. The van der Waals surface area contributed by atoms with Crippen LogP contribution in [0.25, 0.3) is 0 Å². The van der Waals surface area contributed by atoms with Gasteiger partial charge in [0.05, 0.1) is 0 Å². The van der Waals surface area contributed by atoms with Crippen LogP contribution in [0.1, 0.15) is 42.6 Å². The van der Waals surface area contributed by atoms with Gasteiger partial charge in [-0.05, 0) is 69.0 Å². The molecule has 7 heteroatoms. The molecule has 2 aliphatic heterocycles. The van der Waals surface area contributed by atoms with E-state index in [1.54, 1.807) is 18.2 Å². The minimum atomic E-state index is -0.240. The third-order valence-electron chi connectivity index (χ3n) is 7.33. The number of benzene rings is 2. The molecule has 2 fully saturated rings. The Morgan fingerprint density at radius 3 is 2.23 bits per heavy atom. The molecule has 0 spiro atoms. The first-order chi connectivity index (χ1) is 16.9. The van der Waals surface area contributed by atoms with E-state index in [0.717, 1.165) is 31.9 Å². The number of piperazine rings is 1. The zero-order valence-electron chi connectivity index (χ0n) is 20.9. The number of carbonyl (C=O) groups excluding carboxylic acids is 2. The molecule has 188 valence electrons. The summed E-state index contributed by atoms with van der Waals surface area (Å²) in [4.78, 5) is 32.3. The molecule has 0 unspecified atom stereocenters. The highest BCUT2D eigenvalue weighted by Crippen LogP contribution is 2.22. The molecule has 0 atom stereocenters. The van der Waals surface area contributed by atoms with Crippen molar-refractivity contribution < 1.29 is 14.0 Å². The van der Waals surface area contributed by atoms with Gasteiger partial charge in [-0.2, -0.15) is 0 Å². The Labute approximate surface area is 208 Å². The van der Waals surface area contributed by atoms with Crippen LogP contribution in [0.15, 0.2) is 48.5 Å². The summed E-state index contributed by atoms with van der Waals surface area (Å²) in [7, 11) is 0. The Hall–Kier alpha value is -2.93. The Kier molecular flexibility index (Phi) is 8.39. The summed E-state index contributed by atoms with van der Waals surface area (Å²) in [5.74, 6) is -0.322. The number of anilines is 1. The number of hydrogen-bond acceptors (Lipinski definition) is 4. The molecule has 2 aromatic carbocycles. The fourth-order valence-corrected chi connectivity index (χ4v) is 5.00. The highest BCUT2D eigenvalue weighted by atomic mass is 19.1. The number of nitrogens with one attached hydrogen (secondary N) is 1. The third-order valence-corrected chi connectivity index (χ3v) is 7.33. The van der Waals surface area contributed by atoms with Crippen molar-refractivity contribution in [1.29, 1.82) is 0 Å². The molecule has 0 bridgehead atoms. The average Bonchev–Trinajstić information content (AvgIpc) is 2.89. The summed E-state index contributed by atoms with van der Waals surface area (Å²) < 4.78 is 13.7. The number of halogens is 1. The highest BCUT2D eigenvalue weighted by molar-refractivity contribution is 5.94. The number of likely N-dealkylation sites (tertiary alicyclic amines) is 1. The summed E-state index contributed by atoms with van der Waals surface area (Å²) in [5, 5.41) is 2.93. The summed E-state index contributed by atoms with van der Waals surface area (Å²) in [6.07, 6.45) is 1.77. The molecule has 2 heterocycles.